The molecule has 0 saturated carbocycles. The molecule has 1 aromatic heterocycles. The summed E-state index contributed by atoms with van der Waals surface area (Å²) in [5, 5.41) is 8.00. The van der Waals surface area contributed by atoms with Gasteiger partial charge in [0.15, 0.2) is 0 Å². The number of esters is 1. The molecule has 1 atom stereocenters. The minimum atomic E-state index is -0.811. The van der Waals surface area contributed by atoms with Crippen molar-refractivity contribution in [2.24, 2.45) is 0 Å². The van der Waals surface area contributed by atoms with Crippen LogP contribution in [-0.4, -0.2) is 53.9 Å². The van der Waals surface area contributed by atoms with Crippen LogP contribution in [0.15, 0.2) is 120 Å². The van der Waals surface area contributed by atoms with Gasteiger partial charge >= 0.3 is 12.1 Å². The van der Waals surface area contributed by atoms with Crippen LogP contribution in [0.3, 0.4) is 0 Å². The number of hydrogen-bond acceptors (Lipinski definition) is 9. The van der Waals surface area contributed by atoms with Crippen LogP contribution in [-0.2, 0) is 32.0 Å². The number of carbonyl (C=O) groups excluding carboxylic acids is 5. The Morgan fingerprint density at radius 1 is 0.879 bits per heavy atom. The summed E-state index contributed by atoms with van der Waals surface area (Å²) in [7, 11) is 1.28. The third kappa shape index (κ3) is 10.6. The summed E-state index contributed by atoms with van der Waals surface area (Å²) in [6, 6.07) is 29.9. The Morgan fingerprint density at radius 2 is 1.57 bits per heavy atom. The number of thiophene rings is 1. The van der Waals surface area contributed by atoms with Crippen LogP contribution in [0.25, 0.3) is 6.08 Å². The van der Waals surface area contributed by atoms with Gasteiger partial charge in [-0.3, -0.25) is 14.4 Å². The highest BCUT2D eigenvalue weighted by atomic mass is 32.2. The Morgan fingerprint density at radius 3 is 2.24 bits per heavy atom. The van der Waals surface area contributed by atoms with E-state index in [0.29, 0.717) is 50.8 Å². The van der Waals surface area contributed by atoms with Crippen molar-refractivity contribution in [3.8, 4) is 0 Å². The van der Waals surface area contributed by atoms with Gasteiger partial charge in [-0.2, -0.15) is 0 Å². The van der Waals surface area contributed by atoms with Gasteiger partial charge in [-0.05, 0) is 92.4 Å². The van der Waals surface area contributed by atoms with E-state index in [-0.39, 0.29) is 17.8 Å². The first-order chi connectivity index (χ1) is 27.8. The number of methoxy groups -OCH3 is 1. The van der Waals surface area contributed by atoms with Crippen LogP contribution in [0.5, 0.6) is 0 Å². The normalized spacial score (nSPS) is 13.1. The van der Waals surface area contributed by atoms with Crippen molar-refractivity contribution in [3.05, 3.63) is 153 Å². The first-order valence-corrected chi connectivity index (χ1v) is 20.0. The van der Waals surface area contributed by atoms with E-state index in [1.165, 1.54) is 60.5 Å². The zero-order chi connectivity index (χ0) is 41.4. The Balaban J connectivity index is 1.24. The molecule has 3 N–H and O–H groups in total. The van der Waals surface area contributed by atoms with Crippen molar-refractivity contribution in [1.82, 2.24) is 10.2 Å². The van der Waals surface area contributed by atoms with Crippen LogP contribution >= 0.6 is 23.1 Å². The maximum atomic E-state index is 14.3. The van der Waals surface area contributed by atoms with Crippen molar-refractivity contribution < 1.29 is 37.8 Å². The molecule has 2 heterocycles. The van der Waals surface area contributed by atoms with Gasteiger partial charge in [-0.25, -0.2) is 14.0 Å². The smallest absolute Gasteiger partial charge is 0.410 e. The van der Waals surface area contributed by atoms with Gasteiger partial charge in [-0.1, -0.05) is 66.7 Å². The number of amides is 4. The summed E-state index contributed by atoms with van der Waals surface area (Å²) in [6.07, 6.45) is 1.36. The molecule has 1 aliphatic heterocycles. The van der Waals surface area contributed by atoms with E-state index in [9.17, 15) is 28.4 Å². The fourth-order valence-electron chi connectivity index (χ4n) is 6.02. The van der Waals surface area contributed by atoms with E-state index >= 15 is 0 Å². The number of anilines is 2. The number of carbonyl (C=O) groups is 5. The van der Waals surface area contributed by atoms with E-state index in [1.54, 1.807) is 80.3 Å². The third-order valence-electron chi connectivity index (χ3n) is 8.73. The minimum absolute atomic E-state index is 0.0747. The lowest BCUT2D eigenvalue weighted by atomic mass is 10.0. The van der Waals surface area contributed by atoms with Gasteiger partial charge in [0.05, 0.1) is 19.2 Å². The highest BCUT2D eigenvalue weighted by Gasteiger charge is 2.34. The number of rotatable bonds is 11. The number of thioether (sulfide) groups is 1. The van der Waals surface area contributed by atoms with Crippen LogP contribution in [0, 0.1) is 5.82 Å². The fourth-order valence-corrected chi connectivity index (χ4v) is 8.36. The second kappa shape index (κ2) is 18.3. The average Bonchev–Trinajstić information content (AvgIpc) is 3.57. The van der Waals surface area contributed by atoms with Crippen molar-refractivity contribution in [1.29, 1.82) is 0 Å². The highest BCUT2D eigenvalue weighted by molar-refractivity contribution is 8.00. The molecule has 0 radical (unpaired) electrons. The van der Waals surface area contributed by atoms with Crippen LogP contribution in [0.4, 0.5) is 19.9 Å². The second-order valence-electron chi connectivity index (χ2n) is 14.2. The molecule has 0 bridgehead atoms. The lowest BCUT2D eigenvalue weighted by Gasteiger charge is -2.30. The molecule has 298 valence electrons. The maximum Gasteiger partial charge on any atom is 0.410 e. The molecule has 4 amide bonds. The van der Waals surface area contributed by atoms with Gasteiger partial charge in [-0.15, -0.1) is 23.1 Å². The number of hydrogen-bond donors (Lipinski definition) is 3. The summed E-state index contributed by atoms with van der Waals surface area (Å²) in [6.45, 7) is 5.92. The summed E-state index contributed by atoms with van der Waals surface area (Å²) in [4.78, 5) is 70.1. The summed E-state index contributed by atoms with van der Waals surface area (Å²) < 4.78 is 24.4. The Hall–Kier alpha value is -6.25. The molecular formula is C44H41FN4O7S2. The largest absolute Gasteiger partial charge is 0.465 e. The number of ether oxygens (including phenoxy) is 2. The van der Waals surface area contributed by atoms with Gasteiger partial charge in [0, 0.05) is 27.6 Å². The topological polar surface area (TPSA) is 143 Å². The van der Waals surface area contributed by atoms with E-state index in [1.807, 2.05) is 30.3 Å². The van der Waals surface area contributed by atoms with Crippen molar-refractivity contribution >= 4 is 69.6 Å². The fraction of sp³-hybridized carbons (Fsp3) is 0.205. The number of fused-ring (bicyclic) bond motifs is 1. The summed E-state index contributed by atoms with van der Waals surface area (Å²) in [5.41, 5.74) is 2.12. The van der Waals surface area contributed by atoms with Gasteiger partial charge in [0.1, 0.15) is 27.4 Å². The molecule has 1 aliphatic rings. The predicted molar refractivity (Wildman–Crippen MR) is 223 cm³/mol. The van der Waals surface area contributed by atoms with Crippen molar-refractivity contribution in [2.45, 2.75) is 49.5 Å². The molecule has 4 aromatic carbocycles. The quantitative estimate of drug-likeness (QED) is 0.0682. The molecule has 14 heteroatoms. The number of halogens is 1. The molecule has 0 fully saturated rings. The maximum absolute atomic E-state index is 14.3. The van der Waals surface area contributed by atoms with E-state index < -0.39 is 46.5 Å². The van der Waals surface area contributed by atoms with Gasteiger partial charge < -0.3 is 30.3 Å². The van der Waals surface area contributed by atoms with E-state index in [4.69, 9.17) is 9.47 Å². The predicted octanol–water partition coefficient (Wildman–Crippen LogP) is 8.85. The molecule has 5 aromatic rings. The first kappa shape index (κ1) is 41.4. The minimum Gasteiger partial charge on any atom is -0.465 e. The number of benzene rings is 4. The first-order valence-electron chi connectivity index (χ1n) is 18.3. The SMILES string of the molecule is COC(=O)c1c(NC(=O)C(Sc2cccc(NC(=O)/C(=C\c3ccc(F)cc3)NC(=O)c3ccccc3)c2)c2ccccc2)sc2c1CCN(C(=O)OC(C)(C)C)C2. The lowest BCUT2D eigenvalue weighted by Crippen LogP contribution is -2.39. The lowest BCUT2D eigenvalue weighted by molar-refractivity contribution is -0.116. The molecule has 11 nitrogen and oxygen atoms in total. The van der Waals surface area contributed by atoms with Crippen LogP contribution in [0.2, 0.25) is 0 Å². The molecule has 6 rings (SSSR count). The van der Waals surface area contributed by atoms with Crippen LogP contribution in [0.1, 0.15) is 68.3 Å². The van der Waals surface area contributed by atoms with Gasteiger partial charge in [0.25, 0.3) is 11.8 Å². The Bertz CT molecular complexity index is 2340. The molecule has 1 unspecified atom stereocenters. The van der Waals surface area contributed by atoms with Crippen molar-refractivity contribution in [3.63, 3.8) is 0 Å². The highest BCUT2D eigenvalue weighted by Crippen LogP contribution is 2.41. The zero-order valence-corrected chi connectivity index (χ0v) is 33.8. The average molecular weight is 821 g/mol. The third-order valence-corrected chi connectivity index (χ3v) is 11.1. The zero-order valence-electron chi connectivity index (χ0n) is 32.2. The van der Waals surface area contributed by atoms with E-state index in [2.05, 4.69) is 16.0 Å². The monoisotopic (exact) mass is 820 g/mol. The summed E-state index contributed by atoms with van der Waals surface area (Å²) >= 11 is 2.45. The van der Waals surface area contributed by atoms with Crippen molar-refractivity contribution in [2.75, 3.05) is 24.3 Å². The number of nitrogens with one attached hydrogen (secondary N) is 3. The molecule has 0 spiro atoms. The Labute approximate surface area is 343 Å². The number of nitrogens with zero attached hydrogens (tertiary/aromatic N) is 1. The van der Waals surface area contributed by atoms with Gasteiger partial charge in [0.2, 0.25) is 5.91 Å². The second-order valence-corrected chi connectivity index (χ2v) is 16.4. The van der Waals surface area contributed by atoms with Crippen LogP contribution < -0.4 is 16.0 Å². The molecule has 0 aliphatic carbocycles. The summed E-state index contributed by atoms with van der Waals surface area (Å²) in [5.74, 6) is -2.59. The molecule has 0 saturated heterocycles. The van der Waals surface area contributed by atoms with E-state index in [0.717, 1.165) is 4.88 Å². The standard InChI is InChI=1S/C44H41FN4O7S2/c1-44(2,3)56-43(54)49-23-22-33-35(26-49)58-41(36(33)42(53)55-4)48-40(52)37(28-12-7-5-8-13-28)57-32-17-11-16-31(25-32)46-39(51)34(24-27-18-20-30(45)21-19-27)47-38(50)29-14-9-6-10-15-29/h5-21,24-25,37H,22-23,26H2,1-4H3,(H,46,51)(H,47,50)(H,48,52)/b34-24+. The molecular weight excluding hydrogens is 780 g/mol. The Kier molecular flexibility index (Phi) is 13.1. The molecule has 58 heavy (non-hydrogen) atoms.